The van der Waals surface area contributed by atoms with E-state index in [2.05, 4.69) is 15.0 Å². The first-order valence-corrected chi connectivity index (χ1v) is 5.56. The monoisotopic (exact) mass is 229 g/mol. The average Bonchev–Trinajstić information content (AvgIpc) is 2.30. The van der Waals surface area contributed by atoms with Gasteiger partial charge >= 0.3 is 0 Å². The lowest BCUT2D eigenvalue weighted by molar-refractivity contribution is 0.197. The summed E-state index contributed by atoms with van der Waals surface area (Å²) in [4.78, 5) is 12.7. The molecule has 1 atom stereocenters. The van der Waals surface area contributed by atoms with Crippen molar-refractivity contribution in [3.8, 4) is 0 Å². The standard InChI is InChI=1S/C13H15N3O/c1-9-12(10(2)17)8-15-13(16-9)6-11-4-3-5-14-7-11/h3-5,7-8,10,17H,6H2,1-2H3/t10-/m1/s1. The Morgan fingerprint density at radius 1 is 1.35 bits per heavy atom. The molecule has 4 nitrogen and oxygen atoms in total. The fourth-order valence-electron chi connectivity index (χ4n) is 1.71. The van der Waals surface area contributed by atoms with Crippen molar-refractivity contribution in [2.75, 3.05) is 0 Å². The van der Waals surface area contributed by atoms with E-state index in [-0.39, 0.29) is 0 Å². The van der Waals surface area contributed by atoms with E-state index < -0.39 is 6.10 Å². The molecular formula is C13H15N3O. The van der Waals surface area contributed by atoms with E-state index in [1.54, 1.807) is 25.5 Å². The molecule has 0 unspecified atom stereocenters. The Morgan fingerprint density at radius 3 is 2.76 bits per heavy atom. The van der Waals surface area contributed by atoms with Crippen molar-refractivity contribution in [3.05, 3.63) is 53.4 Å². The summed E-state index contributed by atoms with van der Waals surface area (Å²) in [6.45, 7) is 3.60. The smallest absolute Gasteiger partial charge is 0.132 e. The van der Waals surface area contributed by atoms with Crippen LogP contribution in [0.15, 0.2) is 30.7 Å². The highest BCUT2D eigenvalue weighted by atomic mass is 16.3. The number of hydrogen-bond donors (Lipinski definition) is 1. The van der Waals surface area contributed by atoms with Crippen molar-refractivity contribution < 1.29 is 5.11 Å². The molecule has 0 saturated carbocycles. The molecule has 0 amide bonds. The quantitative estimate of drug-likeness (QED) is 0.872. The summed E-state index contributed by atoms with van der Waals surface area (Å²) in [5.74, 6) is 0.750. The minimum atomic E-state index is -0.526. The van der Waals surface area contributed by atoms with Crippen LogP contribution in [0.2, 0.25) is 0 Å². The lowest BCUT2D eigenvalue weighted by Crippen LogP contribution is -2.04. The van der Waals surface area contributed by atoms with E-state index >= 15 is 0 Å². The predicted molar refractivity (Wildman–Crippen MR) is 64.4 cm³/mol. The van der Waals surface area contributed by atoms with Gasteiger partial charge in [-0.1, -0.05) is 6.07 Å². The van der Waals surface area contributed by atoms with Crippen molar-refractivity contribution in [2.45, 2.75) is 26.4 Å². The minimum Gasteiger partial charge on any atom is -0.389 e. The zero-order valence-corrected chi connectivity index (χ0v) is 9.96. The fourth-order valence-corrected chi connectivity index (χ4v) is 1.71. The first kappa shape index (κ1) is 11.7. The van der Waals surface area contributed by atoms with Crippen molar-refractivity contribution in [1.29, 1.82) is 0 Å². The second kappa shape index (κ2) is 5.01. The largest absolute Gasteiger partial charge is 0.389 e. The van der Waals surface area contributed by atoms with Gasteiger partial charge in [0.05, 0.1) is 6.10 Å². The highest BCUT2D eigenvalue weighted by Crippen LogP contribution is 2.14. The number of aliphatic hydroxyl groups excluding tert-OH is 1. The Balaban J connectivity index is 2.21. The molecular weight excluding hydrogens is 214 g/mol. The average molecular weight is 229 g/mol. The third kappa shape index (κ3) is 2.85. The van der Waals surface area contributed by atoms with Crippen LogP contribution in [0, 0.1) is 6.92 Å². The molecule has 0 aliphatic carbocycles. The molecule has 1 N–H and O–H groups in total. The van der Waals surface area contributed by atoms with Gasteiger partial charge in [0, 0.05) is 36.3 Å². The Labute approximate surface area is 100 Å². The summed E-state index contributed by atoms with van der Waals surface area (Å²) < 4.78 is 0. The van der Waals surface area contributed by atoms with Gasteiger partial charge in [0.15, 0.2) is 0 Å². The number of rotatable bonds is 3. The van der Waals surface area contributed by atoms with Gasteiger partial charge in [-0.2, -0.15) is 0 Å². The molecule has 0 aromatic carbocycles. The SMILES string of the molecule is Cc1nc(Cc2cccnc2)ncc1[C@@H](C)O. The van der Waals surface area contributed by atoms with Crippen LogP contribution in [0.1, 0.15) is 35.7 Å². The van der Waals surface area contributed by atoms with E-state index in [0.29, 0.717) is 6.42 Å². The van der Waals surface area contributed by atoms with E-state index in [4.69, 9.17) is 0 Å². The van der Waals surface area contributed by atoms with Gasteiger partial charge in [0.25, 0.3) is 0 Å². The summed E-state index contributed by atoms with van der Waals surface area (Å²) in [5.41, 5.74) is 2.69. The summed E-state index contributed by atoms with van der Waals surface area (Å²) in [5, 5.41) is 9.50. The fraction of sp³-hybridized carbons (Fsp3) is 0.308. The van der Waals surface area contributed by atoms with Crippen LogP contribution in [0.4, 0.5) is 0 Å². The Hall–Kier alpha value is -1.81. The van der Waals surface area contributed by atoms with Gasteiger partial charge in [-0.25, -0.2) is 9.97 Å². The van der Waals surface area contributed by atoms with Gasteiger partial charge in [0.1, 0.15) is 5.82 Å². The zero-order chi connectivity index (χ0) is 12.3. The zero-order valence-electron chi connectivity index (χ0n) is 9.96. The lowest BCUT2D eigenvalue weighted by atomic mass is 10.1. The first-order chi connectivity index (χ1) is 8.16. The maximum absolute atomic E-state index is 9.50. The highest BCUT2D eigenvalue weighted by Gasteiger charge is 2.08. The molecule has 0 saturated heterocycles. The van der Waals surface area contributed by atoms with Crippen LogP contribution in [0.5, 0.6) is 0 Å². The predicted octanol–water partition coefficient (Wildman–Crippen LogP) is 1.82. The second-order valence-electron chi connectivity index (χ2n) is 4.04. The maximum Gasteiger partial charge on any atom is 0.132 e. The molecule has 2 aromatic heterocycles. The summed E-state index contributed by atoms with van der Waals surface area (Å²) in [6.07, 6.45) is 5.38. The van der Waals surface area contributed by atoms with Gasteiger partial charge in [-0.15, -0.1) is 0 Å². The molecule has 88 valence electrons. The van der Waals surface area contributed by atoms with E-state index in [1.165, 1.54) is 0 Å². The summed E-state index contributed by atoms with van der Waals surface area (Å²) in [7, 11) is 0. The Kier molecular flexibility index (Phi) is 3.44. The summed E-state index contributed by atoms with van der Waals surface area (Å²) >= 11 is 0. The van der Waals surface area contributed by atoms with Crippen molar-refractivity contribution in [3.63, 3.8) is 0 Å². The van der Waals surface area contributed by atoms with Crippen molar-refractivity contribution >= 4 is 0 Å². The lowest BCUT2D eigenvalue weighted by Gasteiger charge is -2.08. The van der Waals surface area contributed by atoms with Crippen LogP contribution >= 0.6 is 0 Å². The van der Waals surface area contributed by atoms with Gasteiger partial charge in [0.2, 0.25) is 0 Å². The molecule has 0 bridgehead atoms. The number of aromatic nitrogens is 3. The molecule has 2 heterocycles. The molecule has 0 spiro atoms. The van der Waals surface area contributed by atoms with Crippen LogP contribution in [-0.4, -0.2) is 20.1 Å². The molecule has 2 aromatic rings. The molecule has 2 rings (SSSR count). The topological polar surface area (TPSA) is 58.9 Å². The number of aliphatic hydroxyl groups is 1. The number of pyridine rings is 1. The van der Waals surface area contributed by atoms with Crippen LogP contribution in [0.25, 0.3) is 0 Å². The molecule has 0 radical (unpaired) electrons. The van der Waals surface area contributed by atoms with Crippen LogP contribution < -0.4 is 0 Å². The third-order valence-corrected chi connectivity index (χ3v) is 2.60. The maximum atomic E-state index is 9.50. The van der Waals surface area contributed by atoms with Crippen LogP contribution in [-0.2, 0) is 6.42 Å². The van der Waals surface area contributed by atoms with Gasteiger partial charge in [-0.3, -0.25) is 4.98 Å². The number of aryl methyl sites for hydroxylation is 1. The van der Waals surface area contributed by atoms with Crippen molar-refractivity contribution in [2.24, 2.45) is 0 Å². The van der Waals surface area contributed by atoms with Crippen molar-refractivity contribution in [1.82, 2.24) is 15.0 Å². The third-order valence-electron chi connectivity index (χ3n) is 2.60. The Bertz CT molecular complexity index is 497. The van der Waals surface area contributed by atoms with E-state index in [0.717, 1.165) is 22.6 Å². The number of nitrogens with zero attached hydrogens (tertiary/aromatic N) is 3. The van der Waals surface area contributed by atoms with E-state index in [9.17, 15) is 5.11 Å². The van der Waals surface area contributed by atoms with Gasteiger partial charge < -0.3 is 5.11 Å². The molecule has 17 heavy (non-hydrogen) atoms. The van der Waals surface area contributed by atoms with Gasteiger partial charge in [-0.05, 0) is 25.5 Å². The molecule has 4 heteroatoms. The molecule has 0 aliphatic rings. The number of hydrogen-bond acceptors (Lipinski definition) is 4. The summed E-state index contributed by atoms with van der Waals surface area (Å²) in [6, 6.07) is 3.89. The minimum absolute atomic E-state index is 0.526. The highest BCUT2D eigenvalue weighted by molar-refractivity contribution is 5.21. The van der Waals surface area contributed by atoms with E-state index in [1.807, 2.05) is 19.1 Å². The Morgan fingerprint density at radius 2 is 2.18 bits per heavy atom. The normalized spacial score (nSPS) is 12.4. The molecule has 0 aliphatic heterocycles. The second-order valence-corrected chi connectivity index (χ2v) is 4.04. The first-order valence-electron chi connectivity index (χ1n) is 5.56. The van der Waals surface area contributed by atoms with Crippen LogP contribution in [0.3, 0.4) is 0 Å². The molecule has 0 fully saturated rings.